The van der Waals surface area contributed by atoms with E-state index in [9.17, 15) is 0 Å². The van der Waals surface area contributed by atoms with Crippen molar-refractivity contribution in [1.82, 2.24) is 10.6 Å². The molecule has 0 atom stereocenters. The quantitative estimate of drug-likeness (QED) is 0.657. The summed E-state index contributed by atoms with van der Waals surface area (Å²) >= 11 is 0. The normalized spacial score (nSPS) is 26.0. The molecule has 0 aromatic rings. The third-order valence-corrected chi connectivity index (χ3v) is 3.02. The van der Waals surface area contributed by atoms with E-state index >= 15 is 0 Å². The van der Waals surface area contributed by atoms with E-state index < -0.39 is 0 Å². The van der Waals surface area contributed by atoms with Crippen molar-refractivity contribution in [3.63, 3.8) is 0 Å². The fourth-order valence-corrected chi connectivity index (χ4v) is 1.95. The maximum atomic E-state index is 3.58. The molecular weight excluding hydrogens is 148 g/mol. The van der Waals surface area contributed by atoms with Crippen molar-refractivity contribution in [1.29, 1.82) is 0 Å². The highest BCUT2D eigenvalue weighted by atomic mass is 14.9. The summed E-state index contributed by atoms with van der Waals surface area (Å²) in [5.74, 6) is 0.998. The molecular formula is C10H20N2. The van der Waals surface area contributed by atoms with E-state index in [1.165, 1.54) is 51.7 Å². The lowest BCUT2D eigenvalue weighted by Crippen LogP contribution is -2.30. The molecule has 1 aliphatic heterocycles. The zero-order valence-corrected chi connectivity index (χ0v) is 7.81. The molecule has 0 amide bonds. The van der Waals surface area contributed by atoms with Gasteiger partial charge in [-0.15, -0.1) is 0 Å². The van der Waals surface area contributed by atoms with Crippen molar-refractivity contribution in [2.24, 2.45) is 5.92 Å². The number of piperidine rings is 1. The molecule has 12 heavy (non-hydrogen) atoms. The number of hydrogen-bond donors (Lipinski definition) is 2. The molecule has 2 fully saturated rings. The zero-order chi connectivity index (χ0) is 8.23. The Hall–Kier alpha value is -0.0800. The molecule has 2 heteroatoms. The first-order chi connectivity index (χ1) is 5.95. The Morgan fingerprint density at radius 2 is 1.83 bits per heavy atom. The summed E-state index contributed by atoms with van der Waals surface area (Å²) in [5.41, 5.74) is 0. The highest BCUT2D eigenvalue weighted by molar-refractivity contribution is 4.81. The molecule has 2 nitrogen and oxygen atoms in total. The van der Waals surface area contributed by atoms with Crippen LogP contribution >= 0.6 is 0 Å². The maximum Gasteiger partial charge on any atom is 0.00682 e. The van der Waals surface area contributed by atoms with Gasteiger partial charge in [0.1, 0.15) is 0 Å². The molecule has 2 aliphatic rings. The van der Waals surface area contributed by atoms with Gasteiger partial charge in [-0.25, -0.2) is 0 Å². The van der Waals surface area contributed by atoms with Crippen LogP contribution in [0.25, 0.3) is 0 Å². The number of rotatable bonds is 4. The van der Waals surface area contributed by atoms with Crippen LogP contribution < -0.4 is 10.6 Å². The van der Waals surface area contributed by atoms with Gasteiger partial charge in [0.15, 0.2) is 0 Å². The van der Waals surface area contributed by atoms with Gasteiger partial charge in [0, 0.05) is 6.04 Å². The summed E-state index contributed by atoms with van der Waals surface area (Å²) in [7, 11) is 0. The van der Waals surface area contributed by atoms with Gasteiger partial charge in [-0.1, -0.05) is 0 Å². The van der Waals surface area contributed by atoms with E-state index in [-0.39, 0.29) is 0 Å². The topological polar surface area (TPSA) is 24.1 Å². The molecule has 1 saturated heterocycles. The molecule has 1 saturated carbocycles. The predicted octanol–water partition coefficient (Wildman–Crippen LogP) is 1.13. The average molecular weight is 168 g/mol. The molecule has 1 aliphatic carbocycles. The van der Waals surface area contributed by atoms with Gasteiger partial charge in [-0.2, -0.15) is 0 Å². The third kappa shape index (κ3) is 2.76. The predicted molar refractivity (Wildman–Crippen MR) is 51.2 cm³/mol. The van der Waals surface area contributed by atoms with Crippen LogP contribution in [0.2, 0.25) is 0 Å². The van der Waals surface area contributed by atoms with Crippen molar-refractivity contribution < 1.29 is 0 Å². The van der Waals surface area contributed by atoms with Crippen molar-refractivity contribution in [2.45, 2.75) is 38.1 Å². The van der Waals surface area contributed by atoms with Crippen LogP contribution in [-0.4, -0.2) is 25.7 Å². The van der Waals surface area contributed by atoms with Crippen molar-refractivity contribution in [2.75, 3.05) is 19.6 Å². The minimum Gasteiger partial charge on any atom is -0.317 e. The highest BCUT2D eigenvalue weighted by Gasteiger charge is 2.20. The van der Waals surface area contributed by atoms with E-state index in [0.717, 1.165) is 12.0 Å². The molecule has 2 rings (SSSR count). The molecule has 1 heterocycles. The van der Waals surface area contributed by atoms with Crippen molar-refractivity contribution in [3.05, 3.63) is 0 Å². The smallest absolute Gasteiger partial charge is 0.00682 e. The molecule has 70 valence electrons. The number of nitrogens with one attached hydrogen (secondary N) is 2. The second-order valence-corrected chi connectivity index (χ2v) is 4.21. The third-order valence-electron chi connectivity index (χ3n) is 3.02. The lowest BCUT2D eigenvalue weighted by Gasteiger charge is -2.22. The summed E-state index contributed by atoms with van der Waals surface area (Å²) in [4.78, 5) is 0. The first kappa shape index (κ1) is 8.52. The Bertz CT molecular complexity index is 126. The minimum atomic E-state index is 0.895. The Morgan fingerprint density at radius 3 is 2.50 bits per heavy atom. The lowest BCUT2D eigenvalue weighted by atomic mass is 9.95. The van der Waals surface area contributed by atoms with Gasteiger partial charge in [0.25, 0.3) is 0 Å². The summed E-state index contributed by atoms with van der Waals surface area (Å²) in [6.07, 6.45) is 7.04. The Balaban J connectivity index is 1.52. The van der Waals surface area contributed by atoms with Gasteiger partial charge in [-0.3, -0.25) is 0 Å². The summed E-state index contributed by atoms with van der Waals surface area (Å²) in [6.45, 7) is 3.75. The van der Waals surface area contributed by atoms with Gasteiger partial charge in [-0.05, 0) is 57.7 Å². The SMILES string of the molecule is C1CC(CCNC2CC2)CCN1. The monoisotopic (exact) mass is 168 g/mol. The average Bonchev–Trinajstić information content (AvgIpc) is 2.90. The summed E-state index contributed by atoms with van der Waals surface area (Å²) in [5, 5.41) is 6.99. The van der Waals surface area contributed by atoms with Crippen LogP contribution in [-0.2, 0) is 0 Å². The fourth-order valence-electron chi connectivity index (χ4n) is 1.95. The second-order valence-electron chi connectivity index (χ2n) is 4.21. The van der Waals surface area contributed by atoms with Crippen LogP contribution in [0.1, 0.15) is 32.1 Å². The zero-order valence-electron chi connectivity index (χ0n) is 7.81. The molecule has 0 spiro atoms. The van der Waals surface area contributed by atoms with Crippen molar-refractivity contribution in [3.8, 4) is 0 Å². The van der Waals surface area contributed by atoms with Crippen LogP contribution in [0.5, 0.6) is 0 Å². The van der Waals surface area contributed by atoms with E-state index in [1.54, 1.807) is 0 Å². The number of hydrogen-bond acceptors (Lipinski definition) is 2. The standard InChI is InChI=1S/C10H20N2/c1-2-10(1)12-8-5-9-3-6-11-7-4-9/h9-12H,1-8H2. The van der Waals surface area contributed by atoms with Gasteiger partial charge in [0.05, 0.1) is 0 Å². The molecule has 0 aromatic carbocycles. The van der Waals surface area contributed by atoms with E-state index in [1.807, 2.05) is 0 Å². The molecule has 0 unspecified atom stereocenters. The van der Waals surface area contributed by atoms with Crippen LogP contribution in [0.4, 0.5) is 0 Å². The summed E-state index contributed by atoms with van der Waals surface area (Å²) < 4.78 is 0. The Labute approximate surface area is 75.1 Å². The molecule has 0 bridgehead atoms. The first-order valence-corrected chi connectivity index (χ1v) is 5.39. The van der Waals surface area contributed by atoms with Crippen LogP contribution in [0.15, 0.2) is 0 Å². The van der Waals surface area contributed by atoms with Gasteiger partial charge < -0.3 is 10.6 Å². The van der Waals surface area contributed by atoms with Crippen molar-refractivity contribution >= 4 is 0 Å². The fraction of sp³-hybridized carbons (Fsp3) is 1.00. The Morgan fingerprint density at radius 1 is 1.08 bits per heavy atom. The molecule has 2 N–H and O–H groups in total. The van der Waals surface area contributed by atoms with Gasteiger partial charge in [0.2, 0.25) is 0 Å². The maximum absolute atomic E-state index is 3.58. The summed E-state index contributed by atoms with van der Waals surface area (Å²) in [6, 6.07) is 0.895. The van der Waals surface area contributed by atoms with E-state index in [0.29, 0.717) is 0 Å². The highest BCUT2D eigenvalue weighted by Crippen LogP contribution is 2.20. The molecule has 0 radical (unpaired) electrons. The van der Waals surface area contributed by atoms with E-state index in [4.69, 9.17) is 0 Å². The second kappa shape index (κ2) is 4.24. The van der Waals surface area contributed by atoms with Gasteiger partial charge >= 0.3 is 0 Å². The lowest BCUT2D eigenvalue weighted by molar-refractivity contribution is 0.348. The minimum absolute atomic E-state index is 0.895. The molecule has 0 aromatic heterocycles. The first-order valence-electron chi connectivity index (χ1n) is 5.39. The Kier molecular flexibility index (Phi) is 3.01. The van der Waals surface area contributed by atoms with Crippen LogP contribution in [0.3, 0.4) is 0 Å². The van der Waals surface area contributed by atoms with Crippen LogP contribution in [0, 0.1) is 5.92 Å². The largest absolute Gasteiger partial charge is 0.317 e. The van der Waals surface area contributed by atoms with E-state index in [2.05, 4.69) is 10.6 Å².